The van der Waals surface area contributed by atoms with E-state index in [0.717, 1.165) is 0 Å². The van der Waals surface area contributed by atoms with E-state index < -0.39 is 0 Å². The van der Waals surface area contributed by atoms with Crippen LogP contribution in [0, 0.1) is 5.41 Å². The number of benzene rings is 1. The molecule has 1 N–H and O–H groups in total. The number of carbonyl (C=O) groups is 1. The van der Waals surface area contributed by atoms with Crippen molar-refractivity contribution in [3.05, 3.63) is 35.9 Å². The summed E-state index contributed by atoms with van der Waals surface area (Å²) >= 11 is 0. The van der Waals surface area contributed by atoms with E-state index in [1.54, 1.807) is 12.1 Å². The zero-order valence-corrected chi connectivity index (χ0v) is 10.3. The van der Waals surface area contributed by atoms with Crippen LogP contribution in [0.1, 0.15) is 38.1 Å². The third kappa shape index (κ3) is 3.66. The summed E-state index contributed by atoms with van der Waals surface area (Å²) in [6.07, 6.45) is 0. The molecule has 0 aromatic heterocycles. The van der Waals surface area contributed by atoms with E-state index in [1.807, 2.05) is 25.1 Å². The summed E-state index contributed by atoms with van der Waals surface area (Å²) in [6.45, 7) is 8.24. The van der Waals surface area contributed by atoms with Gasteiger partial charge in [0.2, 0.25) is 0 Å². The lowest BCUT2D eigenvalue weighted by atomic mass is 9.89. The Morgan fingerprint density at radius 3 is 2.31 bits per heavy atom. The average molecular weight is 221 g/mol. The molecule has 1 aromatic carbocycles. The number of hydrogen-bond acceptors (Lipinski definition) is 3. The molecule has 0 fully saturated rings. The quantitative estimate of drug-likeness (QED) is 0.798. The van der Waals surface area contributed by atoms with Crippen LogP contribution in [-0.4, -0.2) is 12.0 Å². The Morgan fingerprint density at radius 2 is 1.81 bits per heavy atom. The van der Waals surface area contributed by atoms with Crippen molar-refractivity contribution in [2.24, 2.45) is 5.41 Å². The van der Waals surface area contributed by atoms with Crippen molar-refractivity contribution in [1.29, 1.82) is 0 Å². The lowest BCUT2D eigenvalue weighted by molar-refractivity contribution is 0.00434. The Hall–Kier alpha value is -1.35. The second kappa shape index (κ2) is 5.12. The Kier molecular flexibility index (Phi) is 4.07. The topological polar surface area (TPSA) is 38.3 Å². The number of carbonyl (C=O) groups excluding carboxylic acids is 1. The van der Waals surface area contributed by atoms with E-state index in [4.69, 9.17) is 4.84 Å². The number of rotatable bonds is 3. The number of hydrogen-bond donors (Lipinski definition) is 1. The van der Waals surface area contributed by atoms with Crippen LogP contribution in [0.15, 0.2) is 30.3 Å². The molecule has 88 valence electrons. The maximum absolute atomic E-state index is 11.6. The fraction of sp³-hybridized carbons (Fsp3) is 0.462. The van der Waals surface area contributed by atoms with Gasteiger partial charge in [0.25, 0.3) is 0 Å². The van der Waals surface area contributed by atoms with Crippen molar-refractivity contribution in [2.45, 2.75) is 33.7 Å². The van der Waals surface area contributed by atoms with Crippen molar-refractivity contribution in [3.8, 4) is 0 Å². The SMILES string of the molecule is C[C@H](NOC(=O)c1ccccc1)C(C)(C)C. The van der Waals surface area contributed by atoms with Gasteiger partial charge in [0.1, 0.15) is 0 Å². The highest BCUT2D eigenvalue weighted by Crippen LogP contribution is 2.18. The molecule has 0 heterocycles. The summed E-state index contributed by atoms with van der Waals surface area (Å²) in [6, 6.07) is 9.03. The second-order valence-electron chi connectivity index (χ2n) is 4.96. The van der Waals surface area contributed by atoms with Crippen LogP contribution in [0.2, 0.25) is 0 Å². The first kappa shape index (κ1) is 12.7. The van der Waals surface area contributed by atoms with Crippen LogP contribution in [-0.2, 0) is 4.84 Å². The summed E-state index contributed by atoms with van der Waals surface area (Å²) in [4.78, 5) is 16.6. The van der Waals surface area contributed by atoms with E-state index in [2.05, 4.69) is 26.3 Å². The van der Waals surface area contributed by atoms with Crippen molar-refractivity contribution in [2.75, 3.05) is 0 Å². The Bertz CT molecular complexity index is 341. The first-order valence-corrected chi connectivity index (χ1v) is 5.43. The van der Waals surface area contributed by atoms with Crippen LogP contribution in [0.25, 0.3) is 0 Å². The molecular weight excluding hydrogens is 202 g/mol. The Morgan fingerprint density at radius 1 is 1.25 bits per heavy atom. The van der Waals surface area contributed by atoms with Gasteiger partial charge in [-0.25, -0.2) is 4.79 Å². The molecular formula is C13H19NO2. The highest BCUT2D eigenvalue weighted by atomic mass is 16.7. The Balaban J connectivity index is 2.48. The first-order chi connectivity index (χ1) is 7.41. The van der Waals surface area contributed by atoms with Crippen molar-refractivity contribution in [3.63, 3.8) is 0 Å². The third-order valence-corrected chi connectivity index (χ3v) is 2.64. The predicted octanol–water partition coefficient (Wildman–Crippen LogP) is 2.78. The monoisotopic (exact) mass is 221 g/mol. The third-order valence-electron chi connectivity index (χ3n) is 2.64. The molecule has 0 unspecified atom stereocenters. The van der Waals surface area contributed by atoms with Gasteiger partial charge in [0, 0.05) is 6.04 Å². The fourth-order valence-corrected chi connectivity index (χ4v) is 0.952. The maximum Gasteiger partial charge on any atom is 0.356 e. The summed E-state index contributed by atoms with van der Waals surface area (Å²) in [5.74, 6) is -0.350. The largest absolute Gasteiger partial charge is 0.366 e. The molecule has 0 spiro atoms. The van der Waals surface area contributed by atoms with Crippen LogP contribution >= 0.6 is 0 Å². The molecule has 0 aliphatic heterocycles. The normalized spacial score (nSPS) is 13.2. The van der Waals surface area contributed by atoms with Crippen LogP contribution in [0.4, 0.5) is 0 Å². The van der Waals surface area contributed by atoms with Gasteiger partial charge < -0.3 is 4.84 Å². The molecule has 3 heteroatoms. The van der Waals surface area contributed by atoms with Crippen LogP contribution in [0.5, 0.6) is 0 Å². The number of nitrogens with one attached hydrogen (secondary N) is 1. The number of hydroxylamine groups is 1. The van der Waals surface area contributed by atoms with Crippen molar-refractivity contribution < 1.29 is 9.63 Å². The van der Waals surface area contributed by atoms with Gasteiger partial charge in [-0.3, -0.25) is 0 Å². The molecule has 1 atom stereocenters. The molecule has 0 saturated carbocycles. The highest BCUT2D eigenvalue weighted by molar-refractivity contribution is 5.89. The molecule has 0 saturated heterocycles. The fourth-order valence-electron chi connectivity index (χ4n) is 0.952. The van der Waals surface area contributed by atoms with E-state index >= 15 is 0 Å². The lowest BCUT2D eigenvalue weighted by Crippen LogP contribution is -2.38. The van der Waals surface area contributed by atoms with E-state index in [-0.39, 0.29) is 17.4 Å². The Labute approximate surface area is 96.8 Å². The minimum absolute atomic E-state index is 0.0525. The van der Waals surface area contributed by atoms with E-state index in [0.29, 0.717) is 5.56 Å². The van der Waals surface area contributed by atoms with Gasteiger partial charge in [0.05, 0.1) is 5.56 Å². The van der Waals surface area contributed by atoms with Crippen molar-refractivity contribution in [1.82, 2.24) is 5.48 Å². The van der Waals surface area contributed by atoms with Gasteiger partial charge in [-0.1, -0.05) is 39.0 Å². The van der Waals surface area contributed by atoms with Crippen LogP contribution < -0.4 is 5.48 Å². The molecule has 16 heavy (non-hydrogen) atoms. The van der Waals surface area contributed by atoms with E-state index in [9.17, 15) is 4.79 Å². The van der Waals surface area contributed by atoms with Crippen LogP contribution in [0.3, 0.4) is 0 Å². The second-order valence-corrected chi connectivity index (χ2v) is 4.96. The molecule has 0 aliphatic rings. The minimum Gasteiger partial charge on any atom is -0.366 e. The zero-order valence-electron chi connectivity index (χ0n) is 10.3. The van der Waals surface area contributed by atoms with Gasteiger partial charge in [0.15, 0.2) is 0 Å². The minimum atomic E-state index is -0.350. The average Bonchev–Trinajstić information content (AvgIpc) is 2.25. The smallest absolute Gasteiger partial charge is 0.356 e. The summed E-state index contributed by atoms with van der Waals surface area (Å²) in [5.41, 5.74) is 3.38. The standard InChI is InChI=1S/C13H19NO2/c1-10(13(2,3)4)14-16-12(15)11-8-6-5-7-9-11/h5-10,14H,1-4H3/t10-/m0/s1. The first-order valence-electron chi connectivity index (χ1n) is 5.43. The summed E-state index contributed by atoms with van der Waals surface area (Å²) in [7, 11) is 0. The van der Waals surface area contributed by atoms with Crippen molar-refractivity contribution >= 4 is 5.97 Å². The maximum atomic E-state index is 11.6. The molecule has 1 rings (SSSR count). The molecule has 0 aliphatic carbocycles. The van der Waals surface area contributed by atoms with Gasteiger partial charge in [-0.2, -0.15) is 0 Å². The molecule has 3 nitrogen and oxygen atoms in total. The molecule has 0 amide bonds. The van der Waals surface area contributed by atoms with Gasteiger partial charge >= 0.3 is 5.97 Å². The molecule has 0 radical (unpaired) electrons. The van der Waals surface area contributed by atoms with E-state index in [1.165, 1.54) is 0 Å². The molecule has 1 aromatic rings. The predicted molar refractivity (Wildman–Crippen MR) is 63.9 cm³/mol. The van der Waals surface area contributed by atoms with Gasteiger partial charge in [-0.05, 0) is 24.5 Å². The zero-order chi connectivity index (χ0) is 12.2. The van der Waals surface area contributed by atoms with Gasteiger partial charge in [-0.15, -0.1) is 5.48 Å². The molecule has 0 bridgehead atoms. The lowest BCUT2D eigenvalue weighted by Gasteiger charge is -2.26. The highest BCUT2D eigenvalue weighted by Gasteiger charge is 2.21. The summed E-state index contributed by atoms with van der Waals surface area (Å²) < 4.78 is 0. The summed E-state index contributed by atoms with van der Waals surface area (Å²) in [5, 5.41) is 0.